The second-order valence-electron chi connectivity index (χ2n) is 4.16. The number of amides is 1. The Morgan fingerprint density at radius 3 is 2.88 bits per heavy atom. The van der Waals surface area contributed by atoms with Crippen LogP contribution in [-0.2, 0) is 0 Å². The van der Waals surface area contributed by atoms with E-state index in [4.69, 9.17) is 5.73 Å². The zero-order chi connectivity index (χ0) is 11.5. The first-order chi connectivity index (χ1) is 7.66. The van der Waals surface area contributed by atoms with Gasteiger partial charge in [-0.1, -0.05) is 6.07 Å². The van der Waals surface area contributed by atoms with Crippen molar-refractivity contribution in [2.24, 2.45) is 5.73 Å². The van der Waals surface area contributed by atoms with Gasteiger partial charge in [0.25, 0.3) is 5.91 Å². The third kappa shape index (κ3) is 3.41. The molecule has 1 aliphatic heterocycles. The zero-order valence-electron chi connectivity index (χ0n) is 9.43. The highest BCUT2D eigenvalue weighted by Crippen LogP contribution is 2.13. The fourth-order valence-electron chi connectivity index (χ4n) is 2.00. The largest absolute Gasteiger partial charge is 0.337 e. The molecule has 3 nitrogen and oxygen atoms in total. The van der Waals surface area contributed by atoms with Crippen LogP contribution in [-0.4, -0.2) is 29.9 Å². The van der Waals surface area contributed by atoms with Gasteiger partial charge < -0.3 is 10.6 Å². The van der Waals surface area contributed by atoms with E-state index >= 15 is 0 Å². The van der Waals surface area contributed by atoms with Crippen LogP contribution in [0.3, 0.4) is 0 Å². The molecule has 1 heterocycles. The molecule has 0 radical (unpaired) electrons. The molecule has 1 saturated heterocycles. The number of carbonyl (C=O) groups excluding carboxylic acids is 1. The van der Waals surface area contributed by atoms with Crippen LogP contribution >= 0.6 is 12.4 Å². The van der Waals surface area contributed by atoms with Crippen molar-refractivity contribution >= 4 is 18.3 Å². The van der Waals surface area contributed by atoms with E-state index in [9.17, 15) is 9.18 Å². The number of nitrogens with two attached hydrogens (primary N) is 1. The van der Waals surface area contributed by atoms with E-state index in [1.54, 1.807) is 17.0 Å². The summed E-state index contributed by atoms with van der Waals surface area (Å²) >= 11 is 0. The minimum absolute atomic E-state index is 0. The van der Waals surface area contributed by atoms with E-state index in [2.05, 4.69) is 0 Å². The average molecular weight is 259 g/mol. The summed E-state index contributed by atoms with van der Waals surface area (Å²) in [4.78, 5) is 13.7. The van der Waals surface area contributed by atoms with Gasteiger partial charge in [-0.3, -0.25) is 4.79 Å². The first kappa shape index (κ1) is 13.9. The molecule has 0 spiro atoms. The smallest absolute Gasteiger partial charge is 0.254 e. The fraction of sp³-hybridized carbons (Fsp3) is 0.417. The Bertz CT molecular complexity index is 400. The molecule has 0 bridgehead atoms. The first-order valence-electron chi connectivity index (χ1n) is 5.47. The zero-order valence-corrected chi connectivity index (χ0v) is 10.3. The molecular weight excluding hydrogens is 243 g/mol. The molecule has 1 fully saturated rings. The topological polar surface area (TPSA) is 46.3 Å². The summed E-state index contributed by atoms with van der Waals surface area (Å²) in [6.45, 7) is 1.28. The van der Waals surface area contributed by atoms with E-state index < -0.39 is 0 Å². The lowest BCUT2D eigenvalue weighted by atomic mass is 10.1. The Hall–Kier alpha value is -1.13. The summed E-state index contributed by atoms with van der Waals surface area (Å²) in [5.74, 6) is -0.512. The summed E-state index contributed by atoms with van der Waals surface area (Å²) < 4.78 is 13.0. The minimum atomic E-state index is -0.382. The standard InChI is InChI=1S/C12H15FN2O.ClH/c13-10-4-1-3-9(7-10)12(16)15-6-2-5-11(14)8-15;/h1,3-4,7,11H,2,5-6,8,14H2;1H. The Morgan fingerprint density at radius 1 is 1.47 bits per heavy atom. The van der Waals surface area contributed by atoms with Crippen LogP contribution in [0, 0.1) is 5.82 Å². The molecule has 2 rings (SSSR count). The van der Waals surface area contributed by atoms with Crippen molar-refractivity contribution in [2.45, 2.75) is 18.9 Å². The number of hydrogen-bond acceptors (Lipinski definition) is 2. The van der Waals surface area contributed by atoms with Gasteiger partial charge in [-0.25, -0.2) is 4.39 Å². The van der Waals surface area contributed by atoms with Crippen molar-refractivity contribution in [3.63, 3.8) is 0 Å². The molecule has 0 aliphatic carbocycles. The lowest BCUT2D eigenvalue weighted by Gasteiger charge is -2.30. The lowest BCUT2D eigenvalue weighted by Crippen LogP contribution is -2.45. The Balaban J connectivity index is 0.00000144. The SMILES string of the molecule is Cl.NC1CCCN(C(=O)c2cccc(F)c2)C1. The molecule has 0 saturated carbocycles. The van der Waals surface area contributed by atoms with Gasteiger partial charge in [-0.05, 0) is 31.0 Å². The molecule has 1 unspecified atom stereocenters. The van der Waals surface area contributed by atoms with Crippen molar-refractivity contribution in [2.75, 3.05) is 13.1 Å². The highest BCUT2D eigenvalue weighted by molar-refractivity contribution is 5.94. The fourth-order valence-corrected chi connectivity index (χ4v) is 2.00. The summed E-state index contributed by atoms with van der Waals surface area (Å²) in [5.41, 5.74) is 6.20. The number of rotatable bonds is 1. The van der Waals surface area contributed by atoms with Crippen LogP contribution < -0.4 is 5.73 Å². The van der Waals surface area contributed by atoms with E-state index in [0.717, 1.165) is 12.8 Å². The number of piperidine rings is 1. The van der Waals surface area contributed by atoms with Crippen molar-refractivity contribution in [1.82, 2.24) is 4.90 Å². The van der Waals surface area contributed by atoms with Crippen molar-refractivity contribution < 1.29 is 9.18 Å². The second kappa shape index (κ2) is 5.98. The van der Waals surface area contributed by atoms with Gasteiger partial charge in [-0.15, -0.1) is 12.4 Å². The van der Waals surface area contributed by atoms with Crippen molar-refractivity contribution in [3.05, 3.63) is 35.6 Å². The summed E-state index contributed by atoms with van der Waals surface area (Å²) in [6.07, 6.45) is 1.87. The Labute approximate surface area is 106 Å². The van der Waals surface area contributed by atoms with Crippen molar-refractivity contribution in [3.8, 4) is 0 Å². The molecule has 1 amide bonds. The van der Waals surface area contributed by atoms with Crippen LogP contribution in [0.25, 0.3) is 0 Å². The number of halogens is 2. The van der Waals surface area contributed by atoms with Crippen LogP contribution in [0.1, 0.15) is 23.2 Å². The highest BCUT2D eigenvalue weighted by Gasteiger charge is 2.22. The van der Waals surface area contributed by atoms with Gasteiger partial charge in [0.05, 0.1) is 0 Å². The van der Waals surface area contributed by atoms with E-state index in [-0.39, 0.29) is 30.2 Å². The van der Waals surface area contributed by atoms with E-state index in [0.29, 0.717) is 18.7 Å². The summed E-state index contributed by atoms with van der Waals surface area (Å²) in [7, 11) is 0. The normalized spacial score (nSPS) is 19.6. The number of benzene rings is 1. The van der Waals surface area contributed by atoms with Gasteiger partial charge in [0.1, 0.15) is 5.82 Å². The van der Waals surface area contributed by atoms with Crippen LogP contribution in [0.2, 0.25) is 0 Å². The number of likely N-dealkylation sites (tertiary alicyclic amines) is 1. The van der Waals surface area contributed by atoms with Crippen LogP contribution in [0.4, 0.5) is 4.39 Å². The predicted molar refractivity (Wildman–Crippen MR) is 66.8 cm³/mol. The second-order valence-corrected chi connectivity index (χ2v) is 4.16. The summed E-state index contributed by atoms with van der Waals surface area (Å²) in [5, 5.41) is 0. The van der Waals surface area contributed by atoms with Gasteiger partial charge in [0, 0.05) is 24.7 Å². The Morgan fingerprint density at radius 2 is 2.24 bits per heavy atom. The molecule has 17 heavy (non-hydrogen) atoms. The Kier molecular flexibility index (Phi) is 4.90. The molecule has 1 atom stereocenters. The summed E-state index contributed by atoms with van der Waals surface area (Å²) in [6, 6.07) is 5.82. The van der Waals surface area contributed by atoms with Gasteiger partial charge in [0.15, 0.2) is 0 Å². The molecule has 1 aromatic rings. The molecule has 5 heteroatoms. The predicted octanol–water partition coefficient (Wildman–Crippen LogP) is 1.81. The van der Waals surface area contributed by atoms with Crippen molar-refractivity contribution in [1.29, 1.82) is 0 Å². The number of nitrogens with zero attached hydrogens (tertiary/aromatic N) is 1. The third-order valence-corrected chi connectivity index (χ3v) is 2.82. The molecule has 2 N–H and O–H groups in total. The lowest BCUT2D eigenvalue weighted by molar-refractivity contribution is 0.0708. The van der Waals surface area contributed by atoms with Gasteiger partial charge in [-0.2, -0.15) is 0 Å². The molecule has 1 aromatic carbocycles. The maximum atomic E-state index is 13.0. The number of carbonyl (C=O) groups is 1. The quantitative estimate of drug-likeness (QED) is 0.835. The number of hydrogen-bond donors (Lipinski definition) is 1. The molecule has 1 aliphatic rings. The van der Waals surface area contributed by atoms with E-state index in [1.807, 2.05) is 0 Å². The van der Waals surface area contributed by atoms with Crippen LogP contribution in [0.15, 0.2) is 24.3 Å². The monoisotopic (exact) mass is 258 g/mol. The third-order valence-electron chi connectivity index (χ3n) is 2.82. The average Bonchev–Trinajstić information content (AvgIpc) is 2.28. The molecular formula is C12H16ClFN2O. The van der Waals surface area contributed by atoms with Gasteiger partial charge in [0.2, 0.25) is 0 Å². The molecule has 0 aromatic heterocycles. The first-order valence-corrected chi connectivity index (χ1v) is 5.47. The van der Waals surface area contributed by atoms with Gasteiger partial charge >= 0.3 is 0 Å². The minimum Gasteiger partial charge on any atom is -0.337 e. The highest BCUT2D eigenvalue weighted by atomic mass is 35.5. The van der Waals surface area contributed by atoms with E-state index in [1.165, 1.54) is 12.1 Å². The maximum absolute atomic E-state index is 13.0. The van der Waals surface area contributed by atoms with Crippen LogP contribution in [0.5, 0.6) is 0 Å². The maximum Gasteiger partial charge on any atom is 0.254 e. The molecule has 94 valence electrons.